The third kappa shape index (κ3) is 4.53. The van der Waals surface area contributed by atoms with Crippen LogP contribution in [-0.2, 0) is 6.54 Å². The molecule has 40 heavy (non-hydrogen) atoms. The highest BCUT2D eigenvalue weighted by Crippen LogP contribution is 2.39. The Morgan fingerprint density at radius 1 is 0.975 bits per heavy atom. The number of carbonyl (C=O) groups excluding carboxylic acids is 1. The first-order valence-electron chi connectivity index (χ1n) is 13.6. The SMILES string of the molecule is CCOc1ccc([C@H]2c3cccn3-c3c(c(C)nn3-c3ccccc3)CN2C(=O)Nc2cc(C)ccc2C)cc1. The Hall–Kier alpha value is -4.78. The number of aryl methyl sites for hydroxylation is 3. The number of rotatable bonds is 5. The van der Waals surface area contributed by atoms with E-state index in [1.807, 2.05) is 85.8 Å². The Kier molecular flexibility index (Phi) is 6.64. The van der Waals surface area contributed by atoms with Gasteiger partial charge in [0.25, 0.3) is 0 Å². The summed E-state index contributed by atoms with van der Waals surface area (Å²) in [5.41, 5.74) is 7.77. The summed E-state index contributed by atoms with van der Waals surface area (Å²) in [5, 5.41) is 8.15. The van der Waals surface area contributed by atoms with E-state index in [1.54, 1.807) is 0 Å². The molecule has 0 bridgehead atoms. The predicted molar refractivity (Wildman–Crippen MR) is 158 cm³/mol. The summed E-state index contributed by atoms with van der Waals surface area (Å²) >= 11 is 0. The number of amides is 2. The van der Waals surface area contributed by atoms with Crippen molar-refractivity contribution in [1.82, 2.24) is 19.2 Å². The van der Waals surface area contributed by atoms with Crippen molar-refractivity contribution in [3.05, 3.63) is 125 Å². The molecule has 6 rings (SSSR count). The quantitative estimate of drug-likeness (QED) is 0.263. The van der Waals surface area contributed by atoms with Gasteiger partial charge in [-0.25, -0.2) is 9.48 Å². The molecule has 2 aromatic heterocycles. The van der Waals surface area contributed by atoms with Crippen molar-refractivity contribution >= 4 is 11.7 Å². The number of nitrogens with one attached hydrogen (secondary N) is 1. The molecular weight excluding hydrogens is 498 g/mol. The Balaban J connectivity index is 1.52. The lowest BCUT2D eigenvalue weighted by Crippen LogP contribution is -2.38. The van der Waals surface area contributed by atoms with Crippen LogP contribution < -0.4 is 10.1 Å². The van der Waals surface area contributed by atoms with Gasteiger partial charge in [0.15, 0.2) is 0 Å². The summed E-state index contributed by atoms with van der Waals surface area (Å²) in [5.74, 6) is 1.75. The number of aromatic nitrogens is 3. The van der Waals surface area contributed by atoms with Crippen molar-refractivity contribution in [3.8, 4) is 17.3 Å². The van der Waals surface area contributed by atoms with Crippen LogP contribution >= 0.6 is 0 Å². The smallest absolute Gasteiger partial charge is 0.322 e. The third-order valence-corrected chi connectivity index (χ3v) is 7.49. The van der Waals surface area contributed by atoms with Crippen molar-refractivity contribution in [2.24, 2.45) is 0 Å². The Morgan fingerprint density at radius 2 is 1.75 bits per heavy atom. The average Bonchev–Trinajstić information content (AvgIpc) is 3.52. The molecule has 2 amide bonds. The number of anilines is 1. The monoisotopic (exact) mass is 531 g/mol. The number of benzene rings is 3. The van der Waals surface area contributed by atoms with E-state index in [0.717, 1.165) is 56.6 Å². The molecular formula is C33H33N5O2. The molecule has 202 valence electrons. The van der Waals surface area contributed by atoms with Gasteiger partial charge in [-0.15, -0.1) is 0 Å². The molecule has 0 radical (unpaired) electrons. The molecule has 1 atom stereocenters. The van der Waals surface area contributed by atoms with Crippen molar-refractivity contribution in [2.75, 3.05) is 11.9 Å². The lowest BCUT2D eigenvalue weighted by molar-refractivity contribution is 0.194. The Bertz CT molecular complexity index is 1670. The van der Waals surface area contributed by atoms with Crippen LogP contribution in [0.3, 0.4) is 0 Å². The van der Waals surface area contributed by atoms with Gasteiger partial charge in [-0.1, -0.05) is 42.5 Å². The predicted octanol–water partition coefficient (Wildman–Crippen LogP) is 7.12. The van der Waals surface area contributed by atoms with E-state index in [9.17, 15) is 4.79 Å². The Labute approximate surface area is 234 Å². The number of nitrogens with zero attached hydrogens (tertiary/aromatic N) is 4. The Morgan fingerprint density at radius 3 is 2.50 bits per heavy atom. The summed E-state index contributed by atoms with van der Waals surface area (Å²) < 4.78 is 9.87. The average molecular weight is 532 g/mol. The first-order valence-corrected chi connectivity index (χ1v) is 13.6. The molecule has 0 saturated carbocycles. The lowest BCUT2D eigenvalue weighted by atomic mass is 10.0. The van der Waals surface area contributed by atoms with Crippen LogP contribution in [0.15, 0.2) is 91.1 Å². The molecule has 0 unspecified atom stereocenters. The van der Waals surface area contributed by atoms with E-state index in [-0.39, 0.29) is 12.1 Å². The number of carbonyl (C=O) groups is 1. The molecule has 0 saturated heterocycles. The fourth-order valence-corrected chi connectivity index (χ4v) is 5.47. The molecule has 0 spiro atoms. The second-order valence-electron chi connectivity index (χ2n) is 10.2. The third-order valence-electron chi connectivity index (χ3n) is 7.49. The first-order chi connectivity index (χ1) is 19.4. The fraction of sp³-hybridized carbons (Fsp3) is 0.212. The largest absolute Gasteiger partial charge is 0.494 e. The maximum absolute atomic E-state index is 14.2. The molecule has 3 aromatic carbocycles. The summed E-state index contributed by atoms with van der Waals surface area (Å²) in [7, 11) is 0. The van der Waals surface area contributed by atoms with Gasteiger partial charge in [-0.3, -0.25) is 0 Å². The molecule has 1 N–H and O–H groups in total. The number of urea groups is 1. The maximum Gasteiger partial charge on any atom is 0.322 e. The van der Waals surface area contributed by atoms with Gasteiger partial charge in [-0.05, 0) is 86.8 Å². The highest BCUT2D eigenvalue weighted by Gasteiger charge is 2.36. The summed E-state index contributed by atoms with van der Waals surface area (Å²) in [4.78, 5) is 16.1. The van der Waals surface area contributed by atoms with Crippen LogP contribution in [0.5, 0.6) is 5.75 Å². The van der Waals surface area contributed by atoms with E-state index >= 15 is 0 Å². The van der Waals surface area contributed by atoms with Crippen LogP contribution in [0.4, 0.5) is 10.5 Å². The standard InChI is InChI=1S/C33H33N5O2/c1-5-40-27-17-15-25(16-18-27)31-30-12-9-19-36(30)32-28(24(4)35-38(32)26-10-7-6-8-11-26)21-37(31)33(39)34-29-20-22(2)13-14-23(29)3/h6-20,31H,5,21H2,1-4H3,(H,34,39)/t31-/m0/s1. The normalized spacial score (nSPS) is 14.3. The number of hydrogen-bond donors (Lipinski definition) is 1. The van der Waals surface area contributed by atoms with Crippen molar-refractivity contribution in [3.63, 3.8) is 0 Å². The molecule has 0 aliphatic carbocycles. The number of hydrogen-bond acceptors (Lipinski definition) is 3. The van der Waals surface area contributed by atoms with Crippen LogP contribution in [-0.4, -0.2) is 31.9 Å². The highest BCUT2D eigenvalue weighted by molar-refractivity contribution is 5.91. The molecule has 3 heterocycles. The minimum absolute atomic E-state index is 0.167. The van der Waals surface area contributed by atoms with Gasteiger partial charge in [0.05, 0.1) is 36.3 Å². The zero-order chi connectivity index (χ0) is 27.8. The highest BCUT2D eigenvalue weighted by atomic mass is 16.5. The van der Waals surface area contributed by atoms with E-state index in [1.165, 1.54) is 0 Å². The van der Waals surface area contributed by atoms with E-state index in [4.69, 9.17) is 9.84 Å². The molecule has 7 heteroatoms. The summed E-state index contributed by atoms with van der Waals surface area (Å²) in [6, 6.07) is 27.9. The molecule has 5 aromatic rings. The topological polar surface area (TPSA) is 64.3 Å². The first kappa shape index (κ1) is 25.5. The van der Waals surface area contributed by atoms with Crippen LogP contribution in [0.1, 0.15) is 46.6 Å². The van der Waals surface area contributed by atoms with Crippen molar-refractivity contribution in [2.45, 2.75) is 40.3 Å². The lowest BCUT2D eigenvalue weighted by Gasteiger charge is -2.31. The fourth-order valence-electron chi connectivity index (χ4n) is 5.47. The second kappa shape index (κ2) is 10.4. The number of ether oxygens (including phenoxy) is 1. The van der Waals surface area contributed by atoms with Crippen LogP contribution in [0.2, 0.25) is 0 Å². The van der Waals surface area contributed by atoms with Gasteiger partial charge in [-0.2, -0.15) is 5.10 Å². The van der Waals surface area contributed by atoms with Crippen molar-refractivity contribution < 1.29 is 9.53 Å². The summed E-state index contributed by atoms with van der Waals surface area (Å²) in [6.45, 7) is 9.02. The van der Waals surface area contributed by atoms with E-state index in [2.05, 4.69) is 52.5 Å². The number of fused-ring (bicyclic) bond motifs is 3. The van der Waals surface area contributed by atoms with Gasteiger partial charge < -0.3 is 19.5 Å². The van der Waals surface area contributed by atoms with E-state index in [0.29, 0.717) is 13.2 Å². The molecule has 1 aliphatic heterocycles. The molecule has 7 nitrogen and oxygen atoms in total. The molecule has 1 aliphatic rings. The zero-order valence-electron chi connectivity index (χ0n) is 23.3. The van der Waals surface area contributed by atoms with Crippen LogP contribution in [0.25, 0.3) is 11.5 Å². The molecule has 0 fully saturated rings. The second-order valence-corrected chi connectivity index (χ2v) is 10.2. The van der Waals surface area contributed by atoms with E-state index < -0.39 is 0 Å². The minimum Gasteiger partial charge on any atom is -0.494 e. The summed E-state index contributed by atoms with van der Waals surface area (Å²) in [6.07, 6.45) is 2.06. The van der Waals surface area contributed by atoms with Gasteiger partial charge in [0.1, 0.15) is 11.6 Å². The number of para-hydroxylation sites is 1. The maximum atomic E-state index is 14.2. The van der Waals surface area contributed by atoms with Gasteiger partial charge in [0, 0.05) is 17.4 Å². The van der Waals surface area contributed by atoms with Crippen LogP contribution in [0, 0.1) is 20.8 Å². The zero-order valence-corrected chi connectivity index (χ0v) is 23.3. The van der Waals surface area contributed by atoms with Gasteiger partial charge in [0.2, 0.25) is 0 Å². The minimum atomic E-state index is -0.341. The van der Waals surface area contributed by atoms with Crippen molar-refractivity contribution in [1.29, 1.82) is 0 Å². The van der Waals surface area contributed by atoms with Gasteiger partial charge >= 0.3 is 6.03 Å².